The number of hydrogen-bond acceptors (Lipinski definition) is 3. The number of benzene rings is 1. The summed E-state index contributed by atoms with van der Waals surface area (Å²) in [6, 6.07) is 3.77. The second-order valence-corrected chi connectivity index (χ2v) is 5.75. The van der Waals surface area contributed by atoms with Crippen molar-refractivity contribution in [3.8, 4) is 0 Å². The van der Waals surface area contributed by atoms with Gasteiger partial charge in [0, 0.05) is 15.7 Å². The van der Waals surface area contributed by atoms with Crippen molar-refractivity contribution in [1.82, 2.24) is 10.6 Å². The van der Waals surface area contributed by atoms with Crippen LogP contribution in [0.1, 0.15) is 25.5 Å². The van der Waals surface area contributed by atoms with Gasteiger partial charge < -0.3 is 15.4 Å². The molecule has 0 saturated carbocycles. The predicted molar refractivity (Wildman–Crippen MR) is 89.3 cm³/mol. The van der Waals surface area contributed by atoms with Crippen molar-refractivity contribution >= 4 is 35.2 Å². The van der Waals surface area contributed by atoms with Crippen LogP contribution in [0.2, 0.25) is 10.0 Å². The zero-order chi connectivity index (χ0) is 17.0. The Morgan fingerprint density at radius 2 is 2.13 bits per heavy atom. The number of carbonyl (C=O) groups excluding carboxylic acids is 2. The van der Waals surface area contributed by atoms with Crippen LogP contribution in [0.5, 0.6) is 0 Å². The molecule has 0 aromatic heterocycles. The number of allylic oxidation sites excluding steroid dienone is 2. The third kappa shape index (κ3) is 4.06. The first-order valence-electron chi connectivity index (χ1n) is 6.95. The largest absolute Gasteiger partial charge is 0.458 e. The molecule has 1 aliphatic rings. The van der Waals surface area contributed by atoms with Gasteiger partial charge in [0.05, 0.1) is 11.6 Å². The number of nitrogens with one attached hydrogen (secondary N) is 2. The third-order valence-corrected chi connectivity index (χ3v) is 3.87. The number of carbonyl (C=O) groups is 2. The summed E-state index contributed by atoms with van der Waals surface area (Å²) in [5.41, 5.74) is 1.30. The summed E-state index contributed by atoms with van der Waals surface area (Å²) in [7, 11) is 0. The lowest BCUT2D eigenvalue weighted by molar-refractivity contribution is -0.138. The van der Waals surface area contributed by atoms with Crippen molar-refractivity contribution < 1.29 is 14.3 Å². The van der Waals surface area contributed by atoms with Crippen LogP contribution in [0.25, 0.3) is 0 Å². The smallest absolute Gasteiger partial charge is 0.338 e. The van der Waals surface area contributed by atoms with E-state index in [1.54, 1.807) is 37.3 Å². The molecular formula is C16H16Cl2N2O3. The molecule has 1 aromatic rings. The summed E-state index contributed by atoms with van der Waals surface area (Å²) < 4.78 is 5.20. The van der Waals surface area contributed by atoms with E-state index in [4.69, 9.17) is 27.9 Å². The number of hydrogen-bond donors (Lipinski definition) is 2. The lowest BCUT2D eigenvalue weighted by atomic mass is 9.95. The molecule has 2 rings (SSSR count). The van der Waals surface area contributed by atoms with Gasteiger partial charge in [-0.15, -0.1) is 0 Å². The maximum atomic E-state index is 12.4. The highest BCUT2D eigenvalue weighted by molar-refractivity contribution is 6.35. The van der Waals surface area contributed by atoms with Gasteiger partial charge in [-0.3, -0.25) is 0 Å². The second-order valence-electron chi connectivity index (χ2n) is 4.90. The molecular weight excluding hydrogens is 339 g/mol. The first-order chi connectivity index (χ1) is 10.9. The van der Waals surface area contributed by atoms with Crippen molar-refractivity contribution in [3.05, 3.63) is 57.2 Å². The fourth-order valence-corrected chi connectivity index (χ4v) is 2.75. The Bertz CT molecular complexity index is 699. The molecule has 0 spiro atoms. The first kappa shape index (κ1) is 17.4. The summed E-state index contributed by atoms with van der Waals surface area (Å²) in [5, 5.41) is 6.09. The first-order valence-corrected chi connectivity index (χ1v) is 7.71. The minimum Gasteiger partial charge on any atom is -0.458 e. The van der Waals surface area contributed by atoms with Gasteiger partial charge in [-0.05, 0) is 31.5 Å². The number of ether oxygens (including phenoxy) is 1. The molecule has 1 atom stereocenters. The molecule has 7 heteroatoms. The number of esters is 1. The number of amides is 2. The minimum absolute atomic E-state index is 0.154. The molecule has 1 aliphatic heterocycles. The molecule has 5 nitrogen and oxygen atoms in total. The Morgan fingerprint density at radius 3 is 2.78 bits per heavy atom. The molecule has 0 aliphatic carbocycles. The van der Waals surface area contributed by atoms with Crippen LogP contribution in [0.3, 0.4) is 0 Å². The van der Waals surface area contributed by atoms with Gasteiger partial charge in [-0.25, -0.2) is 9.59 Å². The number of halogens is 2. The standard InChI is InChI=1S/C16H16Cl2N2O3/c1-3-4-7-23-15(21)13-9(2)19-16(22)20-14(13)11-6-5-10(17)8-12(11)18/h3-6,8,14H,7H2,1-2H3,(H2,19,20,22). The van der Waals surface area contributed by atoms with Crippen molar-refractivity contribution in [2.45, 2.75) is 19.9 Å². The molecule has 1 unspecified atom stereocenters. The van der Waals surface area contributed by atoms with Gasteiger partial charge in [0.2, 0.25) is 0 Å². The van der Waals surface area contributed by atoms with Gasteiger partial charge in [0.15, 0.2) is 0 Å². The van der Waals surface area contributed by atoms with Crippen LogP contribution in [-0.4, -0.2) is 18.6 Å². The Morgan fingerprint density at radius 1 is 1.39 bits per heavy atom. The van der Waals surface area contributed by atoms with Crippen molar-refractivity contribution in [3.63, 3.8) is 0 Å². The fraction of sp³-hybridized carbons (Fsp3) is 0.250. The summed E-state index contributed by atoms with van der Waals surface area (Å²) in [6.07, 6.45) is 3.50. The monoisotopic (exact) mass is 354 g/mol. The zero-order valence-corrected chi connectivity index (χ0v) is 14.2. The lowest BCUT2D eigenvalue weighted by Gasteiger charge is -2.28. The maximum Gasteiger partial charge on any atom is 0.338 e. The molecule has 0 radical (unpaired) electrons. The van der Waals surface area contributed by atoms with Crippen LogP contribution < -0.4 is 10.6 Å². The van der Waals surface area contributed by atoms with E-state index in [1.807, 2.05) is 6.92 Å². The molecule has 0 bridgehead atoms. The van der Waals surface area contributed by atoms with Crippen LogP contribution >= 0.6 is 23.2 Å². The Hall–Kier alpha value is -1.98. The van der Waals surface area contributed by atoms with Crippen LogP contribution in [0.4, 0.5) is 4.79 Å². The Balaban J connectivity index is 2.39. The number of rotatable bonds is 4. The molecule has 2 N–H and O–H groups in total. The average Bonchev–Trinajstić information content (AvgIpc) is 2.46. The SMILES string of the molecule is CC=CCOC(=O)C1=C(C)NC(=O)NC1c1ccc(Cl)cc1Cl. The van der Waals surface area contributed by atoms with E-state index in [2.05, 4.69) is 10.6 Å². The van der Waals surface area contributed by atoms with Crippen molar-refractivity contribution in [1.29, 1.82) is 0 Å². The van der Waals surface area contributed by atoms with E-state index in [0.29, 0.717) is 26.9 Å². The van der Waals surface area contributed by atoms with Gasteiger partial charge in [0.1, 0.15) is 6.61 Å². The molecule has 1 heterocycles. The predicted octanol–water partition coefficient (Wildman–Crippen LogP) is 3.74. The topological polar surface area (TPSA) is 67.4 Å². The van der Waals surface area contributed by atoms with E-state index in [1.165, 1.54) is 0 Å². The molecule has 0 fully saturated rings. The number of urea groups is 1. The van der Waals surface area contributed by atoms with Gasteiger partial charge in [-0.2, -0.15) is 0 Å². The van der Waals surface area contributed by atoms with Crippen molar-refractivity contribution in [2.75, 3.05) is 6.61 Å². The zero-order valence-electron chi connectivity index (χ0n) is 12.7. The summed E-state index contributed by atoms with van der Waals surface area (Å²) in [4.78, 5) is 24.2. The molecule has 0 saturated heterocycles. The highest BCUT2D eigenvalue weighted by Crippen LogP contribution is 2.33. The van der Waals surface area contributed by atoms with Crippen molar-refractivity contribution in [2.24, 2.45) is 0 Å². The lowest BCUT2D eigenvalue weighted by Crippen LogP contribution is -2.45. The van der Waals surface area contributed by atoms with E-state index in [0.717, 1.165) is 0 Å². The van der Waals surface area contributed by atoms with Crippen LogP contribution in [-0.2, 0) is 9.53 Å². The highest BCUT2D eigenvalue weighted by atomic mass is 35.5. The van der Waals surface area contributed by atoms with Gasteiger partial charge >= 0.3 is 12.0 Å². The second kappa shape index (κ2) is 7.53. The van der Waals surface area contributed by atoms with E-state index in [9.17, 15) is 9.59 Å². The highest BCUT2D eigenvalue weighted by Gasteiger charge is 2.33. The molecule has 23 heavy (non-hydrogen) atoms. The van der Waals surface area contributed by atoms with Gasteiger partial charge in [-0.1, -0.05) is 41.4 Å². The molecule has 122 valence electrons. The summed E-state index contributed by atoms with van der Waals surface area (Å²) in [5.74, 6) is -0.524. The van der Waals surface area contributed by atoms with E-state index < -0.39 is 18.0 Å². The van der Waals surface area contributed by atoms with Crippen LogP contribution in [0, 0.1) is 0 Å². The minimum atomic E-state index is -0.702. The van der Waals surface area contributed by atoms with Crippen LogP contribution in [0.15, 0.2) is 41.6 Å². The molecule has 1 aromatic carbocycles. The van der Waals surface area contributed by atoms with E-state index in [-0.39, 0.29) is 6.61 Å². The van der Waals surface area contributed by atoms with E-state index >= 15 is 0 Å². The summed E-state index contributed by atoms with van der Waals surface area (Å²) in [6.45, 7) is 3.62. The Kier molecular flexibility index (Phi) is 5.69. The third-order valence-electron chi connectivity index (χ3n) is 3.31. The fourth-order valence-electron chi connectivity index (χ4n) is 2.23. The quantitative estimate of drug-likeness (QED) is 0.639. The summed E-state index contributed by atoms with van der Waals surface area (Å²) >= 11 is 12.1. The maximum absolute atomic E-state index is 12.4. The van der Waals surface area contributed by atoms with Gasteiger partial charge in [0.25, 0.3) is 0 Å². The Labute approximate surface area is 144 Å². The molecule has 2 amide bonds. The average molecular weight is 355 g/mol. The normalized spacial score (nSPS) is 17.9.